The van der Waals surface area contributed by atoms with Crippen molar-refractivity contribution in [3.8, 4) is 0 Å². The molecule has 1 aliphatic heterocycles. The third kappa shape index (κ3) is 3.17. The molecule has 16 heavy (non-hydrogen) atoms. The average molecular weight is 218 g/mol. The summed E-state index contributed by atoms with van der Waals surface area (Å²) in [6, 6.07) is 10.1. The van der Waals surface area contributed by atoms with E-state index in [0.717, 1.165) is 32.3 Å². The molecule has 0 amide bonds. The SMILES string of the molecule is O=C1CCCCCOC1Cc1ccccc1. The second kappa shape index (κ2) is 5.80. The molecule has 2 heteroatoms. The lowest BCUT2D eigenvalue weighted by molar-refractivity contribution is -0.131. The Bertz CT molecular complexity index is 332. The number of rotatable bonds is 2. The minimum atomic E-state index is -0.220. The van der Waals surface area contributed by atoms with Crippen molar-refractivity contribution in [1.29, 1.82) is 0 Å². The Morgan fingerprint density at radius 3 is 2.75 bits per heavy atom. The molecule has 2 nitrogen and oxygen atoms in total. The molecule has 1 aromatic rings. The molecular formula is C14H18O2. The molecule has 0 radical (unpaired) electrons. The summed E-state index contributed by atoms with van der Waals surface area (Å²) in [5.41, 5.74) is 1.18. The van der Waals surface area contributed by atoms with Crippen molar-refractivity contribution < 1.29 is 9.53 Å². The van der Waals surface area contributed by atoms with Crippen molar-refractivity contribution in [1.82, 2.24) is 0 Å². The van der Waals surface area contributed by atoms with Crippen LogP contribution in [0, 0.1) is 0 Å². The first-order chi connectivity index (χ1) is 7.86. The predicted octanol–water partition coefficient (Wildman–Crippen LogP) is 2.76. The van der Waals surface area contributed by atoms with E-state index in [9.17, 15) is 4.79 Å². The van der Waals surface area contributed by atoms with Gasteiger partial charge >= 0.3 is 0 Å². The van der Waals surface area contributed by atoms with E-state index in [1.165, 1.54) is 5.56 Å². The molecule has 1 atom stereocenters. The van der Waals surface area contributed by atoms with Crippen molar-refractivity contribution in [2.75, 3.05) is 6.61 Å². The van der Waals surface area contributed by atoms with Gasteiger partial charge in [-0.2, -0.15) is 0 Å². The number of ether oxygens (including phenoxy) is 1. The zero-order valence-electron chi connectivity index (χ0n) is 9.52. The second-order valence-corrected chi connectivity index (χ2v) is 4.33. The average Bonchev–Trinajstić information content (AvgIpc) is 2.30. The summed E-state index contributed by atoms with van der Waals surface area (Å²) in [7, 11) is 0. The fourth-order valence-corrected chi connectivity index (χ4v) is 2.06. The third-order valence-electron chi connectivity index (χ3n) is 3.01. The maximum Gasteiger partial charge on any atom is 0.161 e. The molecule has 0 aromatic heterocycles. The highest BCUT2D eigenvalue weighted by Crippen LogP contribution is 2.14. The largest absolute Gasteiger partial charge is 0.370 e. The van der Waals surface area contributed by atoms with E-state index in [-0.39, 0.29) is 11.9 Å². The van der Waals surface area contributed by atoms with Gasteiger partial charge in [0.2, 0.25) is 0 Å². The van der Waals surface area contributed by atoms with Crippen LogP contribution in [-0.2, 0) is 16.0 Å². The lowest BCUT2D eigenvalue weighted by Crippen LogP contribution is -2.28. The number of benzene rings is 1. The van der Waals surface area contributed by atoms with Gasteiger partial charge in [-0.25, -0.2) is 0 Å². The Labute approximate surface area is 96.6 Å². The van der Waals surface area contributed by atoms with Crippen LogP contribution >= 0.6 is 0 Å². The van der Waals surface area contributed by atoms with Gasteiger partial charge in [0.25, 0.3) is 0 Å². The van der Waals surface area contributed by atoms with E-state index in [1.54, 1.807) is 0 Å². The predicted molar refractivity (Wildman–Crippen MR) is 63.4 cm³/mol. The Kier molecular flexibility index (Phi) is 4.11. The summed E-state index contributed by atoms with van der Waals surface area (Å²) in [5.74, 6) is 0.267. The summed E-state index contributed by atoms with van der Waals surface area (Å²) < 4.78 is 5.65. The van der Waals surface area contributed by atoms with Gasteiger partial charge in [0.05, 0.1) is 0 Å². The molecule has 0 bridgehead atoms. The molecule has 1 heterocycles. The Balaban J connectivity index is 1.98. The summed E-state index contributed by atoms with van der Waals surface area (Å²) in [4.78, 5) is 11.8. The molecule has 1 aromatic carbocycles. The van der Waals surface area contributed by atoms with Gasteiger partial charge in [-0.3, -0.25) is 4.79 Å². The highest BCUT2D eigenvalue weighted by Gasteiger charge is 2.20. The molecule has 2 rings (SSSR count). The van der Waals surface area contributed by atoms with Crippen molar-refractivity contribution in [2.45, 2.75) is 38.2 Å². The molecule has 0 N–H and O–H groups in total. The van der Waals surface area contributed by atoms with Crippen LogP contribution in [0.1, 0.15) is 31.2 Å². The Morgan fingerprint density at radius 2 is 1.94 bits per heavy atom. The normalized spacial score (nSPS) is 22.5. The third-order valence-corrected chi connectivity index (χ3v) is 3.01. The standard InChI is InChI=1S/C14H18O2/c15-13-9-5-2-6-10-16-14(13)11-12-7-3-1-4-8-12/h1,3-4,7-8,14H,2,5-6,9-11H2. The summed E-state index contributed by atoms with van der Waals surface area (Å²) in [6.07, 6.45) is 4.40. The minimum absolute atomic E-state index is 0.220. The molecule has 0 aliphatic carbocycles. The first-order valence-electron chi connectivity index (χ1n) is 6.04. The van der Waals surface area contributed by atoms with Crippen LogP contribution in [0.25, 0.3) is 0 Å². The zero-order chi connectivity index (χ0) is 11.2. The van der Waals surface area contributed by atoms with Crippen LogP contribution in [0.2, 0.25) is 0 Å². The zero-order valence-corrected chi connectivity index (χ0v) is 9.52. The lowest BCUT2D eigenvalue weighted by Gasteiger charge is -2.19. The fraction of sp³-hybridized carbons (Fsp3) is 0.500. The molecule has 86 valence electrons. The number of hydrogen-bond acceptors (Lipinski definition) is 2. The molecule has 1 unspecified atom stereocenters. The molecule has 0 spiro atoms. The van der Waals surface area contributed by atoms with Crippen LogP contribution in [0.5, 0.6) is 0 Å². The van der Waals surface area contributed by atoms with E-state index in [1.807, 2.05) is 18.2 Å². The quantitative estimate of drug-likeness (QED) is 0.763. The monoisotopic (exact) mass is 218 g/mol. The fourth-order valence-electron chi connectivity index (χ4n) is 2.06. The van der Waals surface area contributed by atoms with Gasteiger partial charge < -0.3 is 4.74 Å². The molecule has 1 aliphatic rings. The number of ketones is 1. The Morgan fingerprint density at radius 1 is 1.12 bits per heavy atom. The first kappa shape index (κ1) is 11.3. The maximum atomic E-state index is 11.8. The topological polar surface area (TPSA) is 26.3 Å². The van der Waals surface area contributed by atoms with Crippen molar-refractivity contribution >= 4 is 5.78 Å². The lowest BCUT2D eigenvalue weighted by atomic mass is 10.00. The van der Waals surface area contributed by atoms with Gasteiger partial charge in [-0.15, -0.1) is 0 Å². The van der Waals surface area contributed by atoms with Crippen LogP contribution in [0.15, 0.2) is 30.3 Å². The first-order valence-corrected chi connectivity index (χ1v) is 6.04. The Hall–Kier alpha value is -1.15. The second-order valence-electron chi connectivity index (χ2n) is 4.33. The maximum absolute atomic E-state index is 11.8. The summed E-state index contributed by atoms with van der Waals surface area (Å²) >= 11 is 0. The van der Waals surface area contributed by atoms with E-state index in [0.29, 0.717) is 6.42 Å². The van der Waals surface area contributed by atoms with Gasteiger partial charge in [0, 0.05) is 19.4 Å². The molecular weight excluding hydrogens is 200 g/mol. The molecule has 0 saturated carbocycles. The highest BCUT2D eigenvalue weighted by molar-refractivity contribution is 5.83. The summed E-state index contributed by atoms with van der Waals surface area (Å²) in [5, 5.41) is 0. The van der Waals surface area contributed by atoms with Gasteiger partial charge in [0.1, 0.15) is 6.10 Å². The molecule has 1 saturated heterocycles. The number of Topliss-reactive ketones (excluding diaryl/α,β-unsaturated/α-hetero) is 1. The number of carbonyl (C=O) groups is 1. The smallest absolute Gasteiger partial charge is 0.161 e. The van der Waals surface area contributed by atoms with Crippen LogP contribution in [0.4, 0.5) is 0 Å². The van der Waals surface area contributed by atoms with E-state index in [2.05, 4.69) is 12.1 Å². The highest BCUT2D eigenvalue weighted by atomic mass is 16.5. The van der Waals surface area contributed by atoms with Crippen LogP contribution in [0.3, 0.4) is 0 Å². The van der Waals surface area contributed by atoms with Gasteiger partial charge in [-0.1, -0.05) is 36.8 Å². The number of carbonyl (C=O) groups excluding carboxylic acids is 1. The molecule has 1 fully saturated rings. The van der Waals surface area contributed by atoms with E-state index < -0.39 is 0 Å². The van der Waals surface area contributed by atoms with Crippen LogP contribution < -0.4 is 0 Å². The number of hydrogen-bond donors (Lipinski definition) is 0. The van der Waals surface area contributed by atoms with E-state index >= 15 is 0 Å². The van der Waals surface area contributed by atoms with Crippen molar-refractivity contribution in [3.63, 3.8) is 0 Å². The van der Waals surface area contributed by atoms with E-state index in [4.69, 9.17) is 4.74 Å². The van der Waals surface area contributed by atoms with Gasteiger partial charge in [0.15, 0.2) is 5.78 Å². The van der Waals surface area contributed by atoms with Crippen molar-refractivity contribution in [3.05, 3.63) is 35.9 Å². The van der Waals surface area contributed by atoms with Crippen molar-refractivity contribution in [2.24, 2.45) is 0 Å². The van der Waals surface area contributed by atoms with Crippen LogP contribution in [-0.4, -0.2) is 18.5 Å². The van der Waals surface area contributed by atoms with Gasteiger partial charge in [-0.05, 0) is 18.4 Å². The summed E-state index contributed by atoms with van der Waals surface area (Å²) in [6.45, 7) is 0.725. The minimum Gasteiger partial charge on any atom is -0.370 e.